The van der Waals surface area contributed by atoms with E-state index in [0.29, 0.717) is 24.5 Å². The zero-order valence-corrected chi connectivity index (χ0v) is 13.1. The summed E-state index contributed by atoms with van der Waals surface area (Å²) in [6, 6.07) is 0. The van der Waals surface area contributed by atoms with E-state index in [2.05, 4.69) is 5.32 Å². The van der Waals surface area contributed by atoms with E-state index >= 15 is 0 Å². The van der Waals surface area contributed by atoms with Crippen molar-refractivity contribution in [1.82, 2.24) is 9.62 Å². The van der Waals surface area contributed by atoms with E-state index in [1.165, 1.54) is 11.3 Å². The molecule has 0 bridgehead atoms. The highest BCUT2D eigenvalue weighted by molar-refractivity contribution is 7.99. The lowest BCUT2D eigenvalue weighted by Gasteiger charge is -2.26. The van der Waals surface area contributed by atoms with Crippen LogP contribution >= 0.6 is 23.1 Å². The maximum Gasteiger partial charge on any atom is 0.244 e. The Kier molecular flexibility index (Phi) is 4.71. The van der Waals surface area contributed by atoms with Gasteiger partial charge in [-0.15, -0.1) is 11.3 Å². The molecule has 1 N–H and O–H groups in total. The smallest absolute Gasteiger partial charge is 0.244 e. The number of nitrogens with one attached hydrogen (secondary N) is 1. The van der Waals surface area contributed by atoms with E-state index in [1.807, 2.05) is 31.1 Å². The summed E-state index contributed by atoms with van der Waals surface area (Å²) in [5.74, 6) is 1.79. The third-order valence-electron chi connectivity index (χ3n) is 2.89. The Bertz CT molecular complexity index is 504. The van der Waals surface area contributed by atoms with Gasteiger partial charge in [0.1, 0.15) is 4.90 Å². The molecule has 1 fully saturated rings. The molecule has 102 valence electrons. The standard InChI is InChI=1S/C11H18N2O2S3/c1-9-8-17-10(7-12-2)11(9)18(14,15)13-3-5-16-6-4-13/h8,12H,3-7H2,1-2H3. The minimum atomic E-state index is -3.31. The molecule has 1 saturated heterocycles. The summed E-state index contributed by atoms with van der Waals surface area (Å²) >= 11 is 3.33. The van der Waals surface area contributed by atoms with Crippen molar-refractivity contribution in [3.8, 4) is 0 Å². The average molecular weight is 306 g/mol. The van der Waals surface area contributed by atoms with Crippen LogP contribution < -0.4 is 5.32 Å². The molecular formula is C11H18N2O2S3. The van der Waals surface area contributed by atoms with Gasteiger partial charge in [-0.3, -0.25) is 0 Å². The normalized spacial score (nSPS) is 18.1. The van der Waals surface area contributed by atoms with E-state index in [4.69, 9.17) is 0 Å². The molecule has 0 atom stereocenters. The summed E-state index contributed by atoms with van der Waals surface area (Å²) in [6.45, 7) is 3.74. The second-order valence-corrected chi connectivity index (χ2v) is 8.28. The van der Waals surface area contributed by atoms with Gasteiger partial charge in [-0.2, -0.15) is 16.1 Å². The number of hydrogen-bond donors (Lipinski definition) is 1. The molecule has 2 heterocycles. The van der Waals surface area contributed by atoms with Crippen LogP contribution in [-0.2, 0) is 16.6 Å². The van der Waals surface area contributed by atoms with Crippen molar-refractivity contribution < 1.29 is 8.42 Å². The van der Waals surface area contributed by atoms with Gasteiger partial charge in [0.15, 0.2) is 0 Å². The minimum absolute atomic E-state index is 0.522. The van der Waals surface area contributed by atoms with Gasteiger partial charge in [-0.25, -0.2) is 8.42 Å². The molecule has 18 heavy (non-hydrogen) atoms. The molecular weight excluding hydrogens is 288 g/mol. The number of rotatable bonds is 4. The maximum absolute atomic E-state index is 12.7. The molecule has 0 radical (unpaired) electrons. The maximum atomic E-state index is 12.7. The van der Waals surface area contributed by atoms with Crippen molar-refractivity contribution in [2.24, 2.45) is 0 Å². The number of nitrogens with zero attached hydrogens (tertiary/aromatic N) is 1. The summed E-state index contributed by atoms with van der Waals surface area (Å²) in [6.07, 6.45) is 0. The Morgan fingerprint density at radius 2 is 2.06 bits per heavy atom. The van der Waals surface area contributed by atoms with E-state index in [9.17, 15) is 8.42 Å². The molecule has 1 aliphatic rings. The van der Waals surface area contributed by atoms with Gasteiger partial charge in [-0.1, -0.05) is 0 Å². The van der Waals surface area contributed by atoms with Crippen LogP contribution in [0.4, 0.5) is 0 Å². The summed E-state index contributed by atoms with van der Waals surface area (Å²) in [7, 11) is -1.48. The zero-order valence-electron chi connectivity index (χ0n) is 10.6. The van der Waals surface area contributed by atoms with E-state index in [-0.39, 0.29) is 0 Å². The summed E-state index contributed by atoms with van der Waals surface area (Å²) in [4.78, 5) is 1.43. The predicted octanol–water partition coefficient (Wildman–Crippen LogP) is 1.51. The second kappa shape index (κ2) is 5.92. The number of sulfonamides is 1. The average Bonchev–Trinajstić information content (AvgIpc) is 2.73. The lowest BCUT2D eigenvalue weighted by atomic mass is 10.3. The molecule has 0 saturated carbocycles. The molecule has 1 aromatic rings. The van der Waals surface area contributed by atoms with Gasteiger partial charge in [0.05, 0.1) is 0 Å². The lowest BCUT2D eigenvalue weighted by molar-refractivity contribution is 0.442. The predicted molar refractivity (Wildman–Crippen MR) is 77.9 cm³/mol. The number of hydrogen-bond acceptors (Lipinski definition) is 5. The molecule has 4 nitrogen and oxygen atoms in total. The third kappa shape index (κ3) is 2.75. The Balaban J connectivity index is 2.36. The van der Waals surface area contributed by atoms with Crippen LogP contribution in [0.1, 0.15) is 10.4 Å². The number of thioether (sulfide) groups is 1. The monoisotopic (exact) mass is 306 g/mol. The third-order valence-corrected chi connectivity index (χ3v) is 7.20. The van der Waals surface area contributed by atoms with Gasteiger partial charge in [0.2, 0.25) is 10.0 Å². The van der Waals surface area contributed by atoms with Crippen molar-refractivity contribution in [3.63, 3.8) is 0 Å². The topological polar surface area (TPSA) is 49.4 Å². The van der Waals surface area contributed by atoms with Crippen LogP contribution in [0.5, 0.6) is 0 Å². The molecule has 2 rings (SSSR count). The molecule has 0 aromatic carbocycles. The molecule has 1 aromatic heterocycles. The van der Waals surface area contributed by atoms with Crippen LogP contribution in [0.25, 0.3) is 0 Å². The summed E-state index contributed by atoms with van der Waals surface area (Å²) in [5.41, 5.74) is 0.864. The van der Waals surface area contributed by atoms with E-state index in [0.717, 1.165) is 21.9 Å². The highest BCUT2D eigenvalue weighted by Crippen LogP contribution is 2.30. The molecule has 0 unspecified atom stereocenters. The van der Waals surface area contributed by atoms with Gasteiger partial charge >= 0.3 is 0 Å². The Morgan fingerprint density at radius 1 is 1.39 bits per heavy atom. The summed E-state index contributed by atoms with van der Waals surface area (Å²) < 4.78 is 26.9. The Labute approximate surface area is 117 Å². The minimum Gasteiger partial charge on any atom is -0.315 e. The fourth-order valence-electron chi connectivity index (χ4n) is 2.03. The first-order chi connectivity index (χ1) is 8.57. The van der Waals surface area contributed by atoms with E-state index < -0.39 is 10.0 Å². The summed E-state index contributed by atoms with van der Waals surface area (Å²) in [5, 5.41) is 4.96. The van der Waals surface area contributed by atoms with Gasteiger partial charge < -0.3 is 5.32 Å². The van der Waals surface area contributed by atoms with Crippen LogP contribution in [0.2, 0.25) is 0 Å². The SMILES string of the molecule is CNCc1scc(C)c1S(=O)(=O)N1CCSCC1. The van der Waals surface area contributed by atoms with Crippen LogP contribution in [0.3, 0.4) is 0 Å². The van der Waals surface area contributed by atoms with Gasteiger partial charge in [-0.05, 0) is 24.9 Å². The largest absolute Gasteiger partial charge is 0.315 e. The van der Waals surface area contributed by atoms with Gasteiger partial charge in [0, 0.05) is 36.0 Å². The lowest BCUT2D eigenvalue weighted by Crippen LogP contribution is -2.38. The first-order valence-electron chi connectivity index (χ1n) is 5.87. The Morgan fingerprint density at radius 3 is 2.67 bits per heavy atom. The first-order valence-corrected chi connectivity index (χ1v) is 9.34. The van der Waals surface area contributed by atoms with Crippen molar-refractivity contribution in [2.75, 3.05) is 31.6 Å². The van der Waals surface area contributed by atoms with Crippen molar-refractivity contribution >= 4 is 33.1 Å². The number of aryl methyl sites for hydroxylation is 1. The van der Waals surface area contributed by atoms with Crippen molar-refractivity contribution in [3.05, 3.63) is 15.8 Å². The van der Waals surface area contributed by atoms with Crippen molar-refractivity contribution in [2.45, 2.75) is 18.4 Å². The van der Waals surface area contributed by atoms with Crippen LogP contribution in [0, 0.1) is 6.92 Å². The molecule has 0 amide bonds. The quantitative estimate of drug-likeness (QED) is 0.916. The molecule has 0 spiro atoms. The second-order valence-electron chi connectivity index (χ2n) is 4.22. The highest BCUT2D eigenvalue weighted by atomic mass is 32.2. The Hall–Kier alpha value is -0.0800. The van der Waals surface area contributed by atoms with E-state index in [1.54, 1.807) is 4.31 Å². The van der Waals surface area contributed by atoms with Crippen LogP contribution in [-0.4, -0.2) is 44.4 Å². The fraction of sp³-hybridized carbons (Fsp3) is 0.636. The van der Waals surface area contributed by atoms with Gasteiger partial charge in [0.25, 0.3) is 0 Å². The first kappa shape index (κ1) is 14.3. The molecule has 1 aliphatic heterocycles. The highest BCUT2D eigenvalue weighted by Gasteiger charge is 2.30. The van der Waals surface area contributed by atoms with Crippen LogP contribution in [0.15, 0.2) is 10.3 Å². The fourth-order valence-corrected chi connectivity index (χ4v) is 6.38. The van der Waals surface area contributed by atoms with Crippen molar-refractivity contribution in [1.29, 1.82) is 0 Å². The number of thiophene rings is 1. The molecule has 0 aliphatic carbocycles. The molecule has 7 heteroatoms. The zero-order chi connectivity index (χ0) is 13.2.